The van der Waals surface area contributed by atoms with Crippen molar-refractivity contribution in [2.45, 2.75) is 46.5 Å². The minimum atomic E-state index is 0.241. The van der Waals surface area contributed by atoms with Crippen molar-refractivity contribution in [3.63, 3.8) is 0 Å². The van der Waals surface area contributed by atoms with Gasteiger partial charge in [0.1, 0.15) is 5.78 Å². The summed E-state index contributed by atoms with van der Waals surface area (Å²) >= 11 is 0. The molecule has 0 saturated heterocycles. The summed E-state index contributed by atoms with van der Waals surface area (Å²) in [5.41, 5.74) is 0. The van der Waals surface area contributed by atoms with Gasteiger partial charge in [-0.25, -0.2) is 0 Å². The second-order valence-corrected chi connectivity index (χ2v) is 4.18. The molecular weight excluding hydrogens is 160 g/mol. The molecular formula is C12H22O. The van der Waals surface area contributed by atoms with Crippen LogP contribution in [0.5, 0.6) is 0 Å². The summed E-state index contributed by atoms with van der Waals surface area (Å²) < 4.78 is 0. The molecule has 0 amide bonds. The highest BCUT2D eigenvalue weighted by Gasteiger charge is 2.13. The van der Waals surface area contributed by atoms with Gasteiger partial charge in [0.2, 0.25) is 0 Å². The predicted molar refractivity (Wildman–Crippen MR) is 57.7 cm³/mol. The molecule has 1 atom stereocenters. The van der Waals surface area contributed by atoms with Gasteiger partial charge in [0.05, 0.1) is 0 Å². The minimum absolute atomic E-state index is 0.241. The SMILES string of the molecule is C=CCCCC(=O)[C@@H](C)CC(C)C. The molecule has 0 aliphatic rings. The maximum Gasteiger partial charge on any atom is 0.135 e. The van der Waals surface area contributed by atoms with Gasteiger partial charge in [0.25, 0.3) is 0 Å². The Morgan fingerprint density at radius 3 is 2.46 bits per heavy atom. The van der Waals surface area contributed by atoms with E-state index < -0.39 is 0 Å². The molecule has 1 heteroatoms. The molecule has 0 aromatic heterocycles. The van der Waals surface area contributed by atoms with E-state index in [-0.39, 0.29) is 5.92 Å². The van der Waals surface area contributed by atoms with E-state index in [0.717, 1.165) is 25.7 Å². The van der Waals surface area contributed by atoms with Crippen LogP contribution in [-0.2, 0) is 4.79 Å². The zero-order valence-electron chi connectivity index (χ0n) is 9.18. The molecule has 0 spiro atoms. The molecule has 76 valence electrons. The van der Waals surface area contributed by atoms with Crippen LogP contribution in [-0.4, -0.2) is 5.78 Å². The highest BCUT2D eigenvalue weighted by Crippen LogP contribution is 2.14. The van der Waals surface area contributed by atoms with Crippen molar-refractivity contribution in [1.82, 2.24) is 0 Å². The van der Waals surface area contributed by atoms with Crippen LogP contribution in [0.25, 0.3) is 0 Å². The van der Waals surface area contributed by atoms with E-state index >= 15 is 0 Å². The zero-order chi connectivity index (χ0) is 10.3. The van der Waals surface area contributed by atoms with Gasteiger partial charge in [-0.3, -0.25) is 4.79 Å². The van der Waals surface area contributed by atoms with Gasteiger partial charge in [-0.2, -0.15) is 0 Å². The molecule has 0 rings (SSSR count). The molecule has 0 aliphatic heterocycles. The van der Waals surface area contributed by atoms with Gasteiger partial charge in [-0.05, 0) is 25.2 Å². The van der Waals surface area contributed by atoms with Crippen LogP contribution in [0.2, 0.25) is 0 Å². The number of hydrogen-bond donors (Lipinski definition) is 0. The molecule has 0 aliphatic carbocycles. The fourth-order valence-electron chi connectivity index (χ4n) is 1.51. The van der Waals surface area contributed by atoms with E-state index in [9.17, 15) is 4.79 Å². The Hall–Kier alpha value is -0.590. The van der Waals surface area contributed by atoms with E-state index in [4.69, 9.17) is 0 Å². The van der Waals surface area contributed by atoms with Crippen LogP contribution in [0.15, 0.2) is 12.7 Å². The summed E-state index contributed by atoms with van der Waals surface area (Å²) in [7, 11) is 0. The molecule has 0 heterocycles. The normalized spacial score (nSPS) is 12.9. The first-order valence-corrected chi connectivity index (χ1v) is 5.21. The summed E-state index contributed by atoms with van der Waals surface area (Å²) in [4.78, 5) is 11.5. The Kier molecular flexibility index (Phi) is 6.56. The van der Waals surface area contributed by atoms with Gasteiger partial charge in [-0.1, -0.05) is 26.8 Å². The molecule has 0 radical (unpaired) electrons. The lowest BCUT2D eigenvalue weighted by molar-refractivity contribution is -0.122. The van der Waals surface area contributed by atoms with Crippen molar-refractivity contribution in [3.8, 4) is 0 Å². The minimum Gasteiger partial charge on any atom is -0.299 e. The van der Waals surface area contributed by atoms with Crippen LogP contribution >= 0.6 is 0 Å². The number of ketones is 1. The summed E-state index contributed by atoms with van der Waals surface area (Å²) in [6, 6.07) is 0. The predicted octanol–water partition coefficient (Wildman–Crippen LogP) is 3.59. The Labute approximate surface area is 82.2 Å². The van der Waals surface area contributed by atoms with Gasteiger partial charge >= 0.3 is 0 Å². The third-order valence-electron chi connectivity index (χ3n) is 2.21. The number of unbranched alkanes of at least 4 members (excludes halogenated alkanes) is 1. The smallest absolute Gasteiger partial charge is 0.135 e. The molecule has 0 bridgehead atoms. The fraction of sp³-hybridized carbons (Fsp3) is 0.750. The largest absolute Gasteiger partial charge is 0.299 e. The number of carbonyl (C=O) groups is 1. The van der Waals surface area contributed by atoms with Crippen molar-refractivity contribution >= 4 is 5.78 Å². The highest BCUT2D eigenvalue weighted by molar-refractivity contribution is 5.80. The van der Waals surface area contributed by atoms with Crippen molar-refractivity contribution in [1.29, 1.82) is 0 Å². The van der Waals surface area contributed by atoms with Crippen LogP contribution in [0.3, 0.4) is 0 Å². The second kappa shape index (κ2) is 6.88. The molecule has 0 unspecified atom stereocenters. The molecule has 0 N–H and O–H groups in total. The Balaban J connectivity index is 3.62. The monoisotopic (exact) mass is 182 g/mol. The first-order valence-electron chi connectivity index (χ1n) is 5.21. The molecule has 0 aromatic carbocycles. The van der Waals surface area contributed by atoms with Crippen LogP contribution in [0.1, 0.15) is 46.5 Å². The summed E-state index contributed by atoms with van der Waals surface area (Å²) in [6.07, 6.45) is 5.54. The lowest BCUT2D eigenvalue weighted by Gasteiger charge is -2.12. The topological polar surface area (TPSA) is 17.1 Å². The first kappa shape index (κ1) is 12.4. The first-order chi connectivity index (χ1) is 6.07. The Bertz CT molecular complexity index is 159. The van der Waals surface area contributed by atoms with Crippen molar-refractivity contribution in [2.75, 3.05) is 0 Å². The van der Waals surface area contributed by atoms with E-state index in [1.807, 2.05) is 13.0 Å². The number of hydrogen-bond acceptors (Lipinski definition) is 1. The average molecular weight is 182 g/mol. The molecule has 0 fully saturated rings. The number of carbonyl (C=O) groups excluding carboxylic acids is 1. The number of rotatable bonds is 7. The van der Waals surface area contributed by atoms with Crippen molar-refractivity contribution < 1.29 is 4.79 Å². The maximum absolute atomic E-state index is 11.5. The molecule has 1 nitrogen and oxygen atoms in total. The average Bonchev–Trinajstić information content (AvgIpc) is 2.03. The van der Waals surface area contributed by atoms with Crippen molar-refractivity contribution in [3.05, 3.63) is 12.7 Å². The number of Topliss-reactive ketones (excluding diaryl/α,β-unsaturated/α-hetero) is 1. The van der Waals surface area contributed by atoms with E-state index in [1.54, 1.807) is 0 Å². The Morgan fingerprint density at radius 1 is 1.38 bits per heavy atom. The van der Waals surface area contributed by atoms with Crippen molar-refractivity contribution in [2.24, 2.45) is 11.8 Å². The van der Waals surface area contributed by atoms with E-state index in [2.05, 4.69) is 20.4 Å². The van der Waals surface area contributed by atoms with Crippen LogP contribution < -0.4 is 0 Å². The lowest BCUT2D eigenvalue weighted by atomic mass is 9.92. The van der Waals surface area contributed by atoms with Gasteiger partial charge in [0.15, 0.2) is 0 Å². The van der Waals surface area contributed by atoms with Gasteiger partial charge < -0.3 is 0 Å². The van der Waals surface area contributed by atoms with E-state index in [1.165, 1.54) is 0 Å². The highest BCUT2D eigenvalue weighted by atomic mass is 16.1. The standard InChI is InChI=1S/C12H22O/c1-5-6-7-8-12(13)11(4)9-10(2)3/h5,10-11H,1,6-9H2,2-4H3/t11-/m0/s1. The van der Waals surface area contributed by atoms with Crippen LogP contribution in [0.4, 0.5) is 0 Å². The number of allylic oxidation sites excluding steroid dienone is 1. The maximum atomic E-state index is 11.5. The van der Waals surface area contributed by atoms with Gasteiger partial charge in [-0.15, -0.1) is 6.58 Å². The summed E-state index contributed by atoms with van der Waals surface area (Å²) in [5.74, 6) is 1.28. The molecule has 13 heavy (non-hydrogen) atoms. The quantitative estimate of drug-likeness (QED) is 0.434. The summed E-state index contributed by atoms with van der Waals surface area (Å²) in [6.45, 7) is 10.00. The molecule has 0 aromatic rings. The molecule has 0 saturated carbocycles. The van der Waals surface area contributed by atoms with Crippen LogP contribution in [0, 0.1) is 11.8 Å². The second-order valence-electron chi connectivity index (χ2n) is 4.18. The van der Waals surface area contributed by atoms with Gasteiger partial charge in [0, 0.05) is 12.3 Å². The Morgan fingerprint density at radius 2 is 2.00 bits per heavy atom. The fourth-order valence-corrected chi connectivity index (χ4v) is 1.51. The lowest BCUT2D eigenvalue weighted by Crippen LogP contribution is -2.12. The van der Waals surface area contributed by atoms with E-state index in [0.29, 0.717) is 11.7 Å². The summed E-state index contributed by atoms with van der Waals surface area (Å²) in [5, 5.41) is 0. The zero-order valence-corrected chi connectivity index (χ0v) is 9.18. The third kappa shape index (κ3) is 6.56. The third-order valence-corrected chi connectivity index (χ3v) is 2.21.